The first kappa shape index (κ1) is 13.6. The first-order valence-corrected chi connectivity index (χ1v) is 6.80. The van der Waals surface area contributed by atoms with Gasteiger partial charge in [0, 0.05) is 13.5 Å². The molecule has 1 aromatic carbocycles. The van der Waals surface area contributed by atoms with Gasteiger partial charge in [-0.1, -0.05) is 12.1 Å². The largest absolute Gasteiger partial charge is 0.359 e. The van der Waals surface area contributed by atoms with Crippen molar-refractivity contribution >= 4 is 15.7 Å². The summed E-state index contributed by atoms with van der Waals surface area (Å²) in [5.74, 6) is -1.22. The number of hydrogen-bond donors (Lipinski definition) is 1. The molecule has 0 aliphatic rings. The number of hydrogen-bond acceptors (Lipinski definition) is 3. The second-order valence-electron chi connectivity index (χ2n) is 3.53. The Morgan fingerprint density at radius 1 is 1.35 bits per heavy atom. The van der Waals surface area contributed by atoms with Gasteiger partial charge in [-0.05, 0) is 18.6 Å². The molecule has 0 unspecified atom stereocenters. The maximum absolute atomic E-state index is 13.3. The standard InChI is InChI=1S/C11H14FNO3S/c1-13-11(14)7-4-8-17(15,16)10-6-3-2-5-9(10)12/h2-3,5-6H,4,7-8H2,1H3,(H,13,14). The van der Waals surface area contributed by atoms with Gasteiger partial charge >= 0.3 is 0 Å². The van der Waals surface area contributed by atoms with E-state index in [0.717, 1.165) is 6.07 Å². The Bertz CT molecular complexity index is 499. The number of carbonyl (C=O) groups excluding carboxylic acids is 1. The number of carbonyl (C=O) groups is 1. The van der Waals surface area contributed by atoms with E-state index >= 15 is 0 Å². The van der Waals surface area contributed by atoms with Crippen molar-refractivity contribution in [2.24, 2.45) is 0 Å². The summed E-state index contributed by atoms with van der Waals surface area (Å²) in [6.07, 6.45) is 0.292. The van der Waals surface area contributed by atoms with Gasteiger partial charge in [-0.15, -0.1) is 0 Å². The molecule has 6 heteroatoms. The number of nitrogens with one attached hydrogen (secondary N) is 1. The molecule has 0 saturated carbocycles. The van der Waals surface area contributed by atoms with Crippen LogP contribution in [0.2, 0.25) is 0 Å². The summed E-state index contributed by atoms with van der Waals surface area (Å²) in [5.41, 5.74) is 0. The molecule has 1 N–H and O–H groups in total. The minimum absolute atomic E-state index is 0.115. The van der Waals surface area contributed by atoms with Crippen molar-refractivity contribution in [3.05, 3.63) is 30.1 Å². The van der Waals surface area contributed by atoms with Crippen LogP contribution < -0.4 is 5.32 Å². The highest BCUT2D eigenvalue weighted by molar-refractivity contribution is 7.91. The van der Waals surface area contributed by atoms with E-state index in [4.69, 9.17) is 0 Å². The summed E-state index contributed by atoms with van der Waals surface area (Å²) in [6, 6.07) is 5.23. The van der Waals surface area contributed by atoms with Gasteiger partial charge in [-0.3, -0.25) is 4.79 Å². The van der Waals surface area contributed by atoms with Crippen LogP contribution in [0.5, 0.6) is 0 Å². The molecule has 4 nitrogen and oxygen atoms in total. The summed E-state index contributed by atoms with van der Waals surface area (Å²) in [6.45, 7) is 0. The lowest BCUT2D eigenvalue weighted by Crippen LogP contribution is -2.19. The van der Waals surface area contributed by atoms with Gasteiger partial charge in [0.05, 0.1) is 5.75 Å². The third kappa shape index (κ3) is 3.81. The Hall–Kier alpha value is -1.43. The molecule has 0 aliphatic heterocycles. The lowest BCUT2D eigenvalue weighted by Gasteiger charge is -2.05. The fraction of sp³-hybridized carbons (Fsp3) is 0.364. The molecule has 17 heavy (non-hydrogen) atoms. The minimum Gasteiger partial charge on any atom is -0.359 e. The zero-order chi connectivity index (χ0) is 12.9. The SMILES string of the molecule is CNC(=O)CCCS(=O)(=O)c1ccccc1F. The molecule has 0 bridgehead atoms. The van der Waals surface area contributed by atoms with Crippen molar-refractivity contribution in [1.82, 2.24) is 5.32 Å². The molecule has 94 valence electrons. The van der Waals surface area contributed by atoms with Gasteiger partial charge in [-0.25, -0.2) is 12.8 Å². The predicted molar refractivity (Wildman–Crippen MR) is 61.8 cm³/mol. The quantitative estimate of drug-likeness (QED) is 0.862. The van der Waals surface area contributed by atoms with Crippen LogP contribution in [0.15, 0.2) is 29.2 Å². The molecule has 0 aromatic heterocycles. The van der Waals surface area contributed by atoms with Crippen molar-refractivity contribution < 1.29 is 17.6 Å². The molecule has 0 spiro atoms. The van der Waals surface area contributed by atoms with Gasteiger partial charge in [-0.2, -0.15) is 0 Å². The third-order valence-electron chi connectivity index (χ3n) is 2.27. The first-order valence-electron chi connectivity index (χ1n) is 5.15. The number of sulfone groups is 1. The number of benzene rings is 1. The molecule has 1 rings (SSSR count). The van der Waals surface area contributed by atoms with Gasteiger partial charge in [0.15, 0.2) is 9.84 Å². The molecule has 0 radical (unpaired) electrons. The topological polar surface area (TPSA) is 63.2 Å². The Balaban J connectivity index is 2.70. The normalized spacial score (nSPS) is 11.2. The summed E-state index contributed by atoms with van der Waals surface area (Å²) in [4.78, 5) is 10.6. The Morgan fingerprint density at radius 3 is 2.59 bits per heavy atom. The van der Waals surface area contributed by atoms with Gasteiger partial charge in [0.25, 0.3) is 0 Å². The smallest absolute Gasteiger partial charge is 0.219 e. The summed E-state index contributed by atoms with van der Waals surface area (Å²) in [7, 11) is -2.17. The van der Waals surface area contributed by atoms with Crippen molar-refractivity contribution in [3.8, 4) is 0 Å². The molecular weight excluding hydrogens is 245 g/mol. The minimum atomic E-state index is -3.65. The lowest BCUT2D eigenvalue weighted by molar-refractivity contribution is -0.120. The molecule has 0 saturated heterocycles. The Morgan fingerprint density at radius 2 is 2.00 bits per heavy atom. The molecule has 1 amide bonds. The fourth-order valence-electron chi connectivity index (χ4n) is 1.35. The van der Waals surface area contributed by atoms with Crippen LogP contribution in [-0.2, 0) is 14.6 Å². The van der Waals surface area contributed by atoms with E-state index in [9.17, 15) is 17.6 Å². The number of rotatable bonds is 5. The summed E-state index contributed by atoms with van der Waals surface area (Å²) in [5, 5.41) is 2.39. The maximum Gasteiger partial charge on any atom is 0.219 e. The Labute approximate surface area is 99.8 Å². The van der Waals surface area contributed by atoms with Crippen molar-refractivity contribution in [3.63, 3.8) is 0 Å². The molecule has 0 aliphatic carbocycles. The zero-order valence-electron chi connectivity index (χ0n) is 9.44. The second kappa shape index (κ2) is 5.77. The van der Waals surface area contributed by atoms with Crippen LogP contribution in [0.1, 0.15) is 12.8 Å². The summed E-state index contributed by atoms with van der Waals surface area (Å²) < 4.78 is 36.8. The van der Waals surface area contributed by atoms with E-state index < -0.39 is 15.7 Å². The molecule has 0 heterocycles. The second-order valence-corrected chi connectivity index (χ2v) is 5.60. The van der Waals surface area contributed by atoms with Gasteiger partial charge in [0.2, 0.25) is 5.91 Å². The van der Waals surface area contributed by atoms with Crippen molar-refractivity contribution in [2.45, 2.75) is 17.7 Å². The van der Waals surface area contributed by atoms with Crippen LogP contribution in [0.3, 0.4) is 0 Å². The molecule has 0 atom stereocenters. The van der Waals surface area contributed by atoms with Crippen molar-refractivity contribution in [2.75, 3.05) is 12.8 Å². The molecule has 1 aromatic rings. The Kier molecular flexibility index (Phi) is 4.62. The predicted octanol–water partition coefficient (Wildman–Crippen LogP) is 1.13. The fourth-order valence-corrected chi connectivity index (χ4v) is 2.75. The first-order chi connectivity index (χ1) is 7.97. The maximum atomic E-state index is 13.3. The van der Waals surface area contributed by atoms with Crippen molar-refractivity contribution in [1.29, 1.82) is 0 Å². The average Bonchev–Trinajstić information content (AvgIpc) is 2.28. The molecular formula is C11H14FNO3S. The van der Waals surface area contributed by atoms with Gasteiger partial charge < -0.3 is 5.32 Å². The summed E-state index contributed by atoms with van der Waals surface area (Å²) >= 11 is 0. The highest BCUT2D eigenvalue weighted by atomic mass is 32.2. The van der Waals surface area contributed by atoms with E-state index in [-0.39, 0.29) is 29.4 Å². The number of amides is 1. The van der Waals surface area contributed by atoms with Gasteiger partial charge in [0.1, 0.15) is 10.7 Å². The monoisotopic (exact) mass is 259 g/mol. The highest BCUT2D eigenvalue weighted by Gasteiger charge is 2.18. The highest BCUT2D eigenvalue weighted by Crippen LogP contribution is 2.16. The van der Waals surface area contributed by atoms with Crippen LogP contribution in [0, 0.1) is 5.82 Å². The van der Waals surface area contributed by atoms with Crippen LogP contribution in [0.25, 0.3) is 0 Å². The number of halogens is 1. The van der Waals surface area contributed by atoms with Crippen LogP contribution >= 0.6 is 0 Å². The molecule has 0 fully saturated rings. The van der Waals surface area contributed by atoms with Crippen LogP contribution in [0.4, 0.5) is 4.39 Å². The lowest BCUT2D eigenvalue weighted by atomic mass is 10.3. The zero-order valence-corrected chi connectivity index (χ0v) is 10.3. The van der Waals surface area contributed by atoms with E-state index in [2.05, 4.69) is 5.32 Å². The third-order valence-corrected chi connectivity index (χ3v) is 4.09. The van der Waals surface area contributed by atoms with E-state index in [1.54, 1.807) is 0 Å². The van der Waals surface area contributed by atoms with Crippen LogP contribution in [-0.4, -0.2) is 27.1 Å². The van der Waals surface area contributed by atoms with E-state index in [0.29, 0.717) is 0 Å². The van der Waals surface area contributed by atoms with E-state index in [1.807, 2.05) is 0 Å². The average molecular weight is 259 g/mol. The van der Waals surface area contributed by atoms with E-state index in [1.165, 1.54) is 25.2 Å².